The predicted molar refractivity (Wildman–Crippen MR) is 259 cm³/mol. The highest BCUT2D eigenvalue weighted by Crippen LogP contribution is 2.43. The van der Waals surface area contributed by atoms with E-state index in [-0.39, 0.29) is 48.7 Å². The minimum Gasteiger partial charge on any atom is -0.457 e. The van der Waals surface area contributed by atoms with Gasteiger partial charge in [-0.1, -0.05) is 107 Å². The molecule has 12 heteroatoms. The highest BCUT2D eigenvalue weighted by molar-refractivity contribution is 6.74. The smallest absolute Gasteiger partial charge is 0.308 e. The van der Waals surface area contributed by atoms with Crippen LogP contribution in [0.15, 0.2) is 36.0 Å². The van der Waals surface area contributed by atoms with Crippen molar-refractivity contribution in [1.29, 1.82) is 0 Å². The third-order valence-corrected chi connectivity index (χ3v) is 29.2. The van der Waals surface area contributed by atoms with E-state index in [2.05, 4.69) is 101 Å². The fourth-order valence-electron chi connectivity index (χ4n) is 9.66. The molecule has 354 valence electrons. The highest BCUT2D eigenvalue weighted by Gasteiger charge is 2.51. The Balaban J connectivity index is 2.55. The zero-order valence-electron chi connectivity index (χ0n) is 42.1. The Morgan fingerprint density at radius 3 is 1.95 bits per heavy atom. The summed E-state index contributed by atoms with van der Waals surface area (Å²) >= 11 is 0. The number of epoxide rings is 1. The van der Waals surface area contributed by atoms with Crippen LogP contribution in [-0.4, -0.2) is 91.8 Å². The Labute approximate surface area is 377 Å². The van der Waals surface area contributed by atoms with Gasteiger partial charge in [0.25, 0.3) is 0 Å². The summed E-state index contributed by atoms with van der Waals surface area (Å²) in [6.07, 6.45) is 12.2. The molecule has 61 heavy (non-hydrogen) atoms. The Bertz CT molecular complexity index is 1400. The van der Waals surface area contributed by atoms with Crippen LogP contribution in [0.5, 0.6) is 0 Å². The molecule has 0 N–H and O–H groups in total. The van der Waals surface area contributed by atoms with Crippen LogP contribution < -0.4 is 0 Å². The number of carbonyl (C=O) groups excluding carboxylic acids is 2. The first-order valence-electron chi connectivity index (χ1n) is 24.4. The van der Waals surface area contributed by atoms with Crippen molar-refractivity contribution in [2.24, 2.45) is 11.8 Å². The molecular formula is C49H92O9Si3. The van der Waals surface area contributed by atoms with Crippen LogP contribution >= 0.6 is 0 Å². The topological polar surface area (TPSA) is 102 Å². The lowest BCUT2D eigenvalue weighted by molar-refractivity contribution is -0.160. The molecule has 0 aromatic heterocycles. The van der Waals surface area contributed by atoms with Gasteiger partial charge in [-0.25, -0.2) is 0 Å². The van der Waals surface area contributed by atoms with Crippen molar-refractivity contribution in [1.82, 2.24) is 0 Å². The summed E-state index contributed by atoms with van der Waals surface area (Å²) in [5, 5.41) is 0. The van der Waals surface area contributed by atoms with Crippen molar-refractivity contribution in [2.75, 3.05) is 7.11 Å². The Kier molecular flexibility index (Phi) is 23.2. The van der Waals surface area contributed by atoms with E-state index >= 15 is 0 Å². The van der Waals surface area contributed by atoms with Gasteiger partial charge in [-0.05, 0) is 106 Å². The minimum absolute atomic E-state index is 0.0936. The lowest BCUT2D eigenvalue weighted by atomic mass is 9.88. The molecule has 2 aliphatic rings. The number of esters is 2. The summed E-state index contributed by atoms with van der Waals surface area (Å²) in [5.74, 6) is -0.575. The molecule has 1 fully saturated rings. The Hall–Kier alpha value is -1.39. The van der Waals surface area contributed by atoms with Gasteiger partial charge in [-0.2, -0.15) is 0 Å². The van der Waals surface area contributed by atoms with Crippen molar-refractivity contribution in [3.63, 3.8) is 0 Å². The van der Waals surface area contributed by atoms with Gasteiger partial charge in [0, 0.05) is 38.4 Å². The van der Waals surface area contributed by atoms with Gasteiger partial charge in [0.2, 0.25) is 0 Å². The molecule has 0 saturated carbocycles. The van der Waals surface area contributed by atoms with Crippen molar-refractivity contribution in [3.8, 4) is 0 Å². The first-order chi connectivity index (χ1) is 28.7. The lowest BCUT2D eigenvalue weighted by Crippen LogP contribution is -2.46. The number of allylic oxidation sites excluding steroid dienone is 2. The van der Waals surface area contributed by atoms with E-state index in [4.69, 9.17) is 32.2 Å². The zero-order chi connectivity index (χ0) is 46.2. The van der Waals surface area contributed by atoms with E-state index in [1.54, 1.807) is 7.11 Å². The number of ether oxygens (including phenoxy) is 4. The number of carbonyl (C=O) groups is 2. The number of cyclic esters (lactones) is 1. The molecular weight excluding hydrogens is 817 g/mol. The second kappa shape index (κ2) is 25.3. The Morgan fingerprint density at radius 2 is 1.46 bits per heavy atom. The average molecular weight is 910 g/mol. The fourth-order valence-corrected chi connectivity index (χ4v) is 18.7. The molecule has 10 atom stereocenters. The van der Waals surface area contributed by atoms with Crippen molar-refractivity contribution >= 4 is 36.9 Å². The first-order valence-corrected chi connectivity index (χ1v) is 32.0. The maximum atomic E-state index is 14.0. The predicted octanol–water partition coefficient (Wildman–Crippen LogP) is 12.9. The fraction of sp³-hybridized carbons (Fsp3) is 0.837. The van der Waals surface area contributed by atoms with E-state index in [0.29, 0.717) is 18.8 Å². The van der Waals surface area contributed by atoms with Crippen molar-refractivity contribution in [3.05, 3.63) is 36.0 Å². The maximum absolute atomic E-state index is 14.0. The average Bonchev–Trinajstić information content (AvgIpc) is 4.02. The Morgan fingerprint density at radius 1 is 0.902 bits per heavy atom. The largest absolute Gasteiger partial charge is 0.457 e. The normalized spacial score (nSPS) is 28.1. The van der Waals surface area contributed by atoms with Crippen LogP contribution in [0.2, 0.25) is 54.4 Å². The van der Waals surface area contributed by atoms with Crippen LogP contribution in [0.25, 0.3) is 0 Å². The summed E-state index contributed by atoms with van der Waals surface area (Å²) in [7, 11) is -4.20. The first kappa shape index (κ1) is 55.7. The lowest BCUT2D eigenvalue weighted by Gasteiger charge is -2.39. The third-order valence-electron chi connectivity index (χ3n) is 15.1. The maximum Gasteiger partial charge on any atom is 0.308 e. The van der Waals surface area contributed by atoms with E-state index < -0.39 is 48.4 Å². The molecule has 9 nitrogen and oxygen atoms in total. The summed E-state index contributed by atoms with van der Waals surface area (Å²) in [6.45, 7) is 34.6. The van der Waals surface area contributed by atoms with Crippen LogP contribution in [0.4, 0.5) is 0 Å². The minimum atomic E-state index is -2.07. The van der Waals surface area contributed by atoms with Crippen LogP contribution in [0.1, 0.15) is 143 Å². The third kappa shape index (κ3) is 15.6. The standard InChI is InChI=1S/C49H92O9Si3/c1-18-42(57-60(22-5,23-6)24-7)39(13)47-43(54-47)36-48(15,58-61(25-8,26-9)27-10)33-28-29-37(11)46-38(12)30-31-44(53-40(14)50)49(16,52-17)34-32-41(35-45(51)55-46)56-59(19-2,20-3)21-4/h28-31,33,38-39,41-44,46-47H,18-27,32,34-36H2,1-17H3/b31-30?,33-28+,37-29+/t38?,39-,41?,42+,43+,44?,46?,47+,48?,49?/m1/s1. The van der Waals surface area contributed by atoms with Crippen molar-refractivity contribution in [2.45, 2.75) is 245 Å². The number of rotatable bonds is 25. The molecule has 0 spiro atoms. The molecule has 0 bridgehead atoms. The van der Waals surface area contributed by atoms with Gasteiger partial charge in [0.15, 0.2) is 25.0 Å². The van der Waals surface area contributed by atoms with Crippen LogP contribution in [-0.2, 0) is 41.8 Å². The quantitative estimate of drug-likeness (QED) is 0.0291. The van der Waals surface area contributed by atoms with E-state index in [9.17, 15) is 9.59 Å². The highest BCUT2D eigenvalue weighted by atomic mass is 28.4. The van der Waals surface area contributed by atoms with E-state index in [0.717, 1.165) is 72.8 Å². The summed E-state index contributed by atoms with van der Waals surface area (Å²) < 4.78 is 46.3. The second-order valence-corrected chi connectivity index (χ2v) is 33.0. The molecule has 6 unspecified atom stereocenters. The van der Waals surface area contributed by atoms with Crippen LogP contribution in [0, 0.1) is 11.8 Å². The van der Waals surface area contributed by atoms with Gasteiger partial charge in [0.05, 0.1) is 30.3 Å². The molecule has 1 saturated heterocycles. The summed E-state index contributed by atoms with van der Waals surface area (Å²) in [5.41, 5.74) is -0.451. The molecule has 0 radical (unpaired) electrons. The number of methoxy groups -OCH3 is 1. The molecule has 0 aromatic carbocycles. The molecule has 0 aliphatic carbocycles. The van der Waals surface area contributed by atoms with Gasteiger partial charge in [0.1, 0.15) is 17.8 Å². The second-order valence-electron chi connectivity index (χ2n) is 18.9. The van der Waals surface area contributed by atoms with Gasteiger partial charge in [-0.15, -0.1) is 0 Å². The van der Waals surface area contributed by atoms with Gasteiger partial charge >= 0.3 is 11.9 Å². The van der Waals surface area contributed by atoms with E-state index in [1.165, 1.54) is 6.92 Å². The van der Waals surface area contributed by atoms with Gasteiger partial charge in [-0.3, -0.25) is 9.59 Å². The summed E-state index contributed by atoms with van der Waals surface area (Å²) in [6, 6.07) is 9.50. The molecule has 2 heterocycles. The van der Waals surface area contributed by atoms with E-state index in [1.807, 2.05) is 32.9 Å². The number of hydrogen-bond donors (Lipinski definition) is 0. The van der Waals surface area contributed by atoms with Crippen LogP contribution in [0.3, 0.4) is 0 Å². The summed E-state index contributed by atoms with van der Waals surface area (Å²) in [4.78, 5) is 26.4. The molecule has 0 amide bonds. The molecule has 2 rings (SSSR count). The monoisotopic (exact) mass is 909 g/mol. The van der Waals surface area contributed by atoms with Gasteiger partial charge < -0.3 is 32.2 Å². The zero-order valence-corrected chi connectivity index (χ0v) is 45.1. The SMILES string of the molecule is CC[C@H](O[Si](CC)(CC)CC)[C@@H](C)[C@@H]1O[C@H]1CC(C)(/C=C/C=C(\C)C1OC(=O)CC(O[Si](CC)(CC)CC)CCC(C)(OC)C(OC(C)=O)C=CC1C)O[Si](CC)(CC)CC. The number of hydrogen-bond acceptors (Lipinski definition) is 9. The molecule has 0 aromatic rings. The van der Waals surface area contributed by atoms with Crippen molar-refractivity contribution < 1.29 is 41.8 Å². The molecule has 2 aliphatic heterocycles.